The van der Waals surface area contributed by atoms with E-state index in [1.54, 1.807) is 24.1 Å². The maximum absolute atomic E-state index is 12.9. The molecule has 2 aromatic carbocycles. The molecule has 0 spiro atoms. The summed E-state index contributed by atoms with van der Waals surface area (Å²) >= 11 is 12.6. The van der Waals surface area contributed by atoms with E-state index in [4.69, 9.17) is 32.7 Å². The number of hydrogen-bond donors (Lipinski definition) is 1. The molecule has 3 rings (SSSR count). The highest BCUT2D eigenvalue weighted by Crippen LogP contribution is 2.44. The van der Waals surface area contributed by atoms with E-state index < -0.39 is 6.04 Å². The summed E-state index contributed by atoms with van der Waals surface area (Å²) in [7, 11) is 1.60. The van der Waals surface area contributed by atoms with Crippen molar-refractivity contribution < 1.29 is 19.1 Å². The van der Waals surface area contributed by atoms with Crippen molar-refractivity contribution in [1.29, 1.82) is 0 Å². The van der Waals surface area contributed by atoms with Crippen LogP contribution in [0.15, 0.2) is 36.4 Å². The zero-order valence-electron chi connectivity index (χ0n) is 15.5. The van der Waals surface area contributed by atoms with Crippen LogP contribution >= 0.6 is 23.2 Å². The molecule has 0 saturated carbocycles. The fourth-order valence-corrected chi connectivity index (χ4v) is 3.67. The molecule has 1 heterocycles. The number of carbonyl (C=O) groups excluding carboxylic acids is 2. The normalized spacial score (nSPS) is 15.4. The van der Waals surface area contributed by atoms with Crippen LogP contribution in [0.25, 0.3) is 0 Å². The Kier molecular flexibility index (Phi) is 6.31. The Morgan fingerprint density at radius 3 is 2.39 bits per heavy atom. The standard InChI is InChI=1S/C20H20Cl2N2O4/c1-12(25)23-18-17-15(21)8-9-16(22)19(17)24(20(18)26)10-3-11-28-14-6-4-13(27-2)5-7-14/h4-9,18H,3,10-11H2,1-2H3,(H,23,25). The van der Waals surface area contributed by atoms with Crippen LogP contribution in [0.1, 0.15) is 24.9 Å². The minimum absolute atomic E-state index is 0.260. The number of amides is 2. The molecule has 0 aliphatic carbocycles. The topological polar surface area (TPSA) is 67.9 Å². The predicted molar refractivity (Wildman–Crippen MR) is 108 cm³/mol. The Morgan fingerprint density at radius 2 is 1.75 bits per heavy atom. The number of fused-ring (bicyclic) bond motifs is 1. The molecule has 6 nitrogen and oxygen atoms in total. The molecule has 1 aliphatic heterocycles. The van der Waals surface area contributed by atoms with Gasteiger partial charge in [-0.2, -0.15) is 0 Å². The molecule has 0 fully saturated rings. The van der Waals surface area contributed by atoms with Gasteiger partial charge in [0.15, 0.2) is 0 Å². The highest BCUT2D eigenvalue weighted by atomic mass is 35.5. The molecule has 0 aromatic heterocycles. The lowest BCUT2D eigenvalue weighted by atomic mass is 10.1. The molecular weight excluding hydrogens is 403 g/mol. The Morgan fingerprint density at radius 1 is 1.11 bits per heavy atom. The number of hydrogen-bond acceptors (Lipinski definition) is 4. The van der Waals surface area contributed by atoms with Crippen molar-refractivity contribution in [3.8, 4) is 11.5 Å². The Labute approximate surface area is 173 Å². The molecule has 0 radical (unpaired) electrons. The molecular formula is C20H20Cl2N2O4. The number of rotatable bonds is 7. The van der Waals surface area contributed by atoms with Gasteiger partial charge in [-0.25, -0.2) is 0 Å². The van der Waals surface area contributed by atoms with Gasteiger partial charge in [0.2, 0.25) is 5.91 Å². The lowest BCUT2D eigenvalue weighted by Gasteiger charge is -2.19. The number of ether oxygens (including phenoxy) is 2. The highest BCUT2D eigenvalue weighted by molar-refractivity contribution is 6.38. The van der Waals surface area contributed by atoms with E-state index >= 15 is 0 Å². The zero-order chi connectivity index (χ0) is 20.3. The summed E-state index contributed by atoms with van der Waals surface area (Å²) in [4.78, 5) is 26.0. The lowest BCUT2D eigenvalue weighted by Crippen LogP contribution is -2.37. The molecule has 1 atom stereocenters. The van der Waals surface area contributed by atoms with Gasteiger partial charge < -0.3 is 19.7 Å². The molecule has 2 amide bonds. The van der Waals surface area contributed by atoms with Crippen LogP contribution in [-0.4, -0.2) is 32.1 Å². The second-order valence-electron chi connectivity index (χ2n) is 6.29. The number of anilines is 1. The first kappa shape index (κ1) is 20.3. The van der Waals surface area contributed by atoms with Crippen molar-refractivity contribution in [1.82, 2.24) is 5.32 Å². The fourth-order valence-electron chi connectivity index (χ4n) is 3.14. The van der Waals surface area contributed by atoms with Gasteiger partial charge in [-0.1, -0.05) is 23.2 Å². The van der Waals surface area contributed by atoms with Crippen molar-refractivity contribution in [2.24, 2.45) is 0 Å². The van der Waals surface area contributed by atoms with Crippen LogP contribution < -0.4 is 19.7 Å². The highest BCUT2D eigenvalue weighted by Gasteiger charge is 2.40. The minimum Gasteiger partial charge on any atom is -0.497 e. The van der Waals surface area contributed by atoms with Crippen LogP contribution in [0, 0.1) is 0 Å². The van der Waals surface area contributed by atoms with Crippen molar-refractivity contribution in [2.75, 3.05) is 25.2 Å². The monoisotopic (exact) mass is 422 g/mol. The van der Waals surface area contributed by atoms with Gasteiger partial charge in [0, 0.05) is 24.1 Å². The van der Waals surface area contributed by atoms with Gasteiger partial charge in [-0.15, -0.1) is 0 Å². The molecule has 1 aliphatic rings. The van der Waals surface area contributed by atoms with Crippen molar-refractivity contribution in [3.05, 3.63) is 52.0 Å². The average molecular weight is 423 g/mol. The third-order valence-electron chi connectivity index (χ3n) is 4.39. The largest absolute Gasteiger partial charge is 0.497 e. The van der Waals surface area contributed by atoms with E-state index in [1.165, 1.54) is 6.92 Å². The van der Waals surface area contributed by atoms with Gasteiger partial charge in [-0.3, -0.25) is 9.59 Å². The smallest absolute Gasteiger partial charge is 0.254 e. The van der Waals surface area contributed by atoms with E-state index in [0.717, 1.165) is 5.75 Å². The maximum atomic E-state index is 12.9. The molecule has 1 unspecified atom stereocenters. The third-order valence-corrected chi connectivity index (χ3v) is 5.02. The van der Waals surface area contributed by atoms with Crippen LogP contribution in [0.5, 0.6) is 11.5 Å². The van der Waals surface area contributed by atoms with Gasteiger partial charge in [0.05, 0.1) is 24.4 Å². The second-order valence-corrected chi connectivity index (χ2v) is 7.11. The van der Waals surface area contributed by atoms with Gasteiger partial charge >= 0.3 is 0 Å². The summed E-state index contributed by atoms with van der Waals surface area (Å²) < 4.78 is 10.8. The van der Waals surface area contributed by atoms with Crippen molar-refractivity contribution >= 4 is 40.7 Å². The first-order valence-electron chi connectivity index (χ1n) is 8.75. The van der Waals surface area contributed by atoms with E-state index in [2.05, 4.69) is 5.32 Å². The first-order valence-corrected chi connectivity index (χ1v) is 9.51. The SMILES string of the molecule is COc1ccc(OCCCN2C(=O)C(NC(C)=O)c3c(Cl)ccc(Cl)c32)cc1. The quantitative estimate of drug-likeness (QED) is 0.684. The van der Waals surface area contributed by atoms with E-state index in [-0.39, 0.29) is 11.8 Å². The lowest BCUT2D eigenvalue weighted by molar-refractivity contribution is -0.126. The number of carbonyl (C=O) groups is 2. The summed E-state index contributed by atoms with van der Waals surface area (Å²) in [6, 6.07) is 9.71. The molecule has 8 heteroatoms. The molecule has 1 N–H and O–H groups in total. The minimum atomic E-state index is -0.832. The summed E-state index contributed by atoms with van der Waals surface area (Å²) in [5.41, 5.74) is 1.08. The van der Waals surface area contributed by atoms with Gasteiger partial charge in [0.1, 0.15) is 17.5 Å². The zero-order valence-corrected chi connectivity index (χ0v) is 17.0. The Balaban J connectivity index is 1.69. The molecule has 0 saturated heterocycles. The average Bonchev–Trinajstić information content (AvgIpc) is 2.95. The van der Waals surface area contributed by atoms with Crippen molar-refractivity contribution in [3.63, 3.8) is 0 Å². The van der Waals surface area contributed by atoms with Gasteiger partial charge in [-0.05, 0) is 42.8 Å². The maximum Gasteiger partial charge on any atom is 0.254 e. The Bertz CT molecular complexity index is 887. The van der Waals surface area contributed by atoms with Gasteiger partial charge in [0.25, 0.3) is 5.91 Å². The number of methoxy groups -OCH3 is 1. The van der Waals surface area contributed by atoms with Crippen LogP contribution in [0.2, 0.25) is 10.0 Å². The number of halogens is 2. The molecule has 0 bridgehead atoms. The molecule has 148 valence electrons. The fraction of sp³-hybridized carbons (Fsp3) is 0.300. The predicted octanol–water partition coefficient (Wildman–Crippen LogP) is 3.99. The molecule has 2 aromatic rings. The summed E-state index contributed by atoms with van der Waals surface area (Å²) in [6.45, 7) is 2.16. The van der Waals surface area contributed by atoms with Crippen molar-refractivity contribution in [2.45, 2.75) is 19.4 Å². The summed E-state index contributed by atoms with van der Waals surface area (Å²) in [5, 5.41) is 3.46. The third kappa shape index (κ3) is 4.18. The van der Waals surface area contributed by atoms with Crippen LogP contribution in [0.3, 0.4) is 0 Å². The second kappa shape index (κ2) is 8.71. The summed E-state index contributed by atoms with van der Waals surface area (Å²) in [5.74, 6) is 0.892. The number of benzene rings is 2. The van der Waals surface area contributed by atoms with E-state index in [9.17, 15) is 9.59 Å². The molecule has 28 heavy (non-hydrogen) atoms. The van der Waals surface area contributed by atoms with Crippen LogP contribution in [0.4, 0.5) is 5.69 Å². The number of nitrogens with one attached hydrogen (secondary N) is 1. The Hall–Kier alpha value is -2.44. The van der Waals surface area contributed by atoms with E-state index in [1.807, 2.05) is 24.3 Å². The summed E-state index contributed by atoms with van der Waals surface area (Å²) in [6.07, 6.45) is 0.576. The van der Waals surface area contributed by atoms with Crippen LogP contribution in [-0.2, 0) is 9.59 Å². The first-order chi connectivity index (χ1) is 13.4. The van der Waals surface area contributed by atoms with E-state index in [0.29, 0.717) is 46.6 Å². The number of nitrogens with zero attached hydrogens (tertiary/aromatic N) is 1.